The van der Waals surface area contributed by atoms with Crippen LogP contribution in [0.4, 0.5) is 5.69 Å². The van der Waals surface area contributed by atoms with Crippen molar-refractivity contribution in [1.29, 1.82) is 0 Å². The molecular formula is C20H22N4O. The monoisotopic (exact) mass is 334 g/mol. The summed E-state index contributed by atoms with van der Waals surface area (Å²) in [6.07, 6.45) is 3.88. The van der Waals surface area contributed by atoms with Gasteiger partial charge < -0.3 is 10.0 Å². The van der Waals surface area contributed by atoms with Gasteiger partial charge in [-0.2, -0.15) is 15.0 Å². The van der Waals surface area contributed by atoms with E-state index in [9.17, 15) is 5.11 Å². The van der Waals surface area contributed by atoms with Crippen LogP contribution in [0, 0.1) is 0 Å². The number of aliphatic hydroxyl groups excluding tert-OH is 1. The molecule has 3 aromatic rings. The predicted octanol–water partition coefficient (Wildman–Crippen LogP) is 2.48. The largest absolute Gasteiger partial charge is 0.392 e. The lowest BCUT2D eigenvalue weighted by Crippen LogP contribution is -2.35. The molecule has 25 heavy (non-hydrogen) atoms. The van der Waals surface area contributed by atoms with E-state index in [1.54, 1.807) is 4.80 Å². The molecule has 1 N–H and O–H groups in total. The molecule has 5 nitrogen and oxygen atoms in total. The predicted molar refractivity (Wildman–Crippen MR) is 97.2 cm³/mol. The standard InChI is InChI=1S/C20H22N4O/c1-23-21-12-18(22-23)13-24(19-8-4-5-15(9-19)14-25)20-10-16-6-2-3-7-17(16)11-20/h2-9,12,20,25H,10-11,13-14H2,1H3. The fourth-order valence-corrected chi connectivity index (χ4v) is 3.66. The Labute approximate surface area is 147 Å². The van der Waals surface area contributed by atoms with Gasteiger partial charge in [-0.3, -0.25) is 0 Å². The van der Waals surface area contributed by atoms with E-state index in [4.69, 9.17) is 0 Å². The molecule has 1 aliphatic rings. The molecule has 0 saturated carbocycles. The topological polar surface area (TPSA) is 54.2 Å². The Balaban J connectivity index is 1.66. The highest BCUT2D eigenvalue weighted by Crippen LogP contribution is 2.30. The third-order valence-corrected chi connectivity index (χ3v) is 4.87. The average molecular weight is 334 g/mol. The van der Waals surface area contributed by atoms with Crippen LogP contribution < -0.4 is 4.90 Å². The first kappa shape index (κ1) is 15.8. The molecule has 2 aromatic carbocycles. The maximum atomic E-state index is 9.50. The highest BCUT2D eigenvalue weighted by molar-refractivity contribution is 5.52. The van der Waals surface area contributed by atoms with Crippen LogP contribution in [0.5, 0.6) is 0 Å². The molecule has 1 aliphatic carbocycles. The van der Waals surface area contributed by atoms with Gasteiger partial charge in [0.25, 0.3) is 0 Å². The Morgan fingerprint density at radius 1 is 1.12 bits per heavy atom. The van der Waals surface area contributed by atoms with Crippen LogP contribution in [0.1, 0.15) is 22.4 Å². The van der Waals surface area contributed by atoms with Gasteiger partial charge in [-0.05, 0) is 41.7 Å². The Morgan fingerprint density at radius 3 is 2.52 bits per heavy atom. The minimum absolute atomic E-state index is 0.0533. The van der Waals surface area contributed by atoms with Crippen LogP contribution in [-0.2, 0) is 33.0 Å². The maximum absolute atomic E-state index is 9.50. The molecule has 0 aliphatic heterocycles. The number of hydrogen-bond donors (Lipinski definition) is 1. The molecule has 5 heteroatoms. The molecule has 0 atom stereocenters. The van der Waals surface area contributed by atoms with Gasteiger partial charge >= 0.3 is 0 Å². The summed E-state index contributed by atoms with van der Waals surface area (Å²) < 4.78 is 0. The number of hydrogen-bond acceptors (Lipinski definition) is 4. The number of rotatable bonds is 5. The second-order valence-corrected chi connectivity index (χ2v) is 6.61. The van der Waals surface area contributed by atoms with E-state index < -0.39 is 0 Å². The smallest absolute Gasteiger partial charge is 0.102 e. The first-order valence-electron chi connectivity index (χ1n) is 8.61. The van der Waals surface area contributed by atoms with Gasteiger partial charge in [0.1, 0.15) is 5.69 Å². The molecule has 0 fully saturated rings. The van der Waals surface area contributed by atoms with Crippen LogP contribution >= 0.6 is 0 Å². The Hall–Kier alpha value is -2.66. The molecule has 0 bridgehead atoms. The molecule has 1 aromatic heterocycles. The van der Waals surface area contributed by atoms with Crippen molar-refractivity contribution in [1.82, 2.24) is 15.0 Å². The van der Waals surface area contributed by atoms with E-state index in [2.05, 4.69) is 51.5 Å². The molecule has 0 amide bonds. The zero-order valence-corrected chi connectivity index (χ0v) is 14.3. The molecule has 0 unspecified atom stereocenters. The molecule has 4 rings (SSSR count). The lowest BCUT2D eigenvalue weighted by Gasteiger charge is -2.31. The highest BCUT2D eigenvalue weighted by Gasteiger charge is 2.27. The fraction of sp³-hybridized carbons (Fsp3) is 0.300. The van der Waals surface area contributed by atoms with Crippen molar-refractivity contribution < 1.29 is 5.11 Å². The van der Waals surface area contributed by atoms with Crippen LogP contribution in [0.15, 0.2) is 54.7 Å². The molecular weight excluding hydrogens is 312 g/mol. The summed E-state index contributed by atoms with van der Waals surface area (Å²) in [5.74, 6) is 0. The summed E-state index contributed by atoms with van der Waals surface area (Å²) >= 11 is 0. The Bertz CT molecular complexity index is 848. The Kier molecular flexibility index (Phi) is 4.24. The van der Waals surface area contributed by atoms with E-state index in [-0.39, 0.29) is 6.61 Å². The van der Waals surface area contributed by atoms with Crippen LogP contribution in [0.25, 0.3) is 0 Å². The van der Waals surface area contributed by atoms with Crippen molar-refractivity contribution in [3.05, 3.63) is 77.1 Å². The second-order valence-electron chi connectivity index (χ2n) is 6.61. The normalized spacial score (nSPS) is 13.8. The average Bonchev–Trinajstić information content (AvgIpc) is 3.25. The van der Waals surface area contributed by atoms with Gasteiger partial charge in [-0.15, -0.1) is 0 Å². The first-order chi connectivity index (χ1) is 12.2. The van der Waals surface area contributed by atoms with E-state index in [1.165, 1.54) is 11.1 Å². The summed E-state index contributed by atoms with van der Waals surface area (Å²) in [6, 6.07) is 17.2. The number of aromatic nitrogens is 3. The Morgan fingerprint density at radius 2 is 1.88 bits per heavy atom. The van der Waals surface area contributed by atoms with Crippen molar-refractivity contribution in [2.45, 2.75) is 32.0 Å². The zero-order chi connectivity index (χ0) is 17.2. The van der Waals surface area contributed by atoms with Crippen molar-refractivity contribution in [2.75, 3.05) is 4.90 Å². The summed E-state index contributed by atoms with van der Waals surface area (Å²) in [5, 5.41) is 18.2. The van der Waals surface area contributed by atoms with E-state index in [0.717, 1.165) is 29.8 Å². The molecule has 0 spiro atoms. The first-order valence-corrected chi connectivity index (χ1v) is 8.61. The number of fused-ring (bicyclic) bond motifs is 1. The molecule has 128 valence electrons. The van der Waals surface area contributed by atoms with Crippen LogP contribution in [0.2, 0.25) is 0 Å². The minimum Gasteiger partial charge on any atom is -0.392 e. The third kappa shape index (κ3) is 3.28. The summed E-state index contributed by atoms with van der Waals surface area (Å²) in [5.41, 5.74) is 5.85. The lowest BCUT2D eigenvalue weighted by molar-refractivity contribution is 0.282. The van der Waals surface area contributed by atoms with Gasteiger partial charge in [-0.25, -0.2) is 0 Å². The van der Waals surface area contributed by atoms with Crippen molar-refractivity contribution in [3.8, 4) is 0 Å². The molecule has 0 saturated heterocycles. The number of benzene rings is 2. The molecule has 0 radical (unpaired) electrons. The van der Waals surface area contributed by atoms with Gasteiger partial charge in [0.15, 0.2) is 0 Å². The number of anilines is 1. The summed E-state index contributed by atoms with van der Waals surface area (Å²) in [4.78, 5) is 3.99. The molecule has 1 heterocycles. The third-order valence-electron chi connectivity index (χ3n) is 4.87. The van der Waals surface area contributed by atoms with Crippen molar-refractivity contribution in [2.24, 2.45) is 7.05 Å². The summed E-state index contributed by atoms with van der Waals surface area (Å²) in [6.45, 7) is 0.763. The maximum Gasteiger partial charge on any atom is 0.102 e. The number of aryl methyl sites for hydroxylation is 1. The number of aliphatic hydroxyl groups is 1. The second kappa shape index (κ2) is 6.69. The zero-order valence-electron chi connectivity index (χ0n) is 14.3. The van der Waals surface area contributed by atoms with Crippen LogP contribution in [-0.4, -0.2) is 26.1 Å². The van der Waals surface area contributed by atoms with E-state index in [1.807, 2.05) is 25.4 Å². The van der Waals surface area contributed by atoms with Gasteiger partial charge in [-0.1, -0.05) is 36.4 Å². The van der Waals surface area contributed by atoms with Crippen molar-refractivity contribution >= 4 is 5.69 Å². The SMILES string of the molecule is Cn1ncc(CN(c2cccc(CO)c2)C2Cc3ccccc3C2)n1. The van der Waals surface area contributed by atoms with Crippen molar-refractivity contribution in [3.63, 3.8) is 0 Å². The van der Waals surface area contributed by atoms with Gasteiger partial charge in [0, 0.05) is 18.8 Å². The minimum atomic E-state index is 0.0533. The van der Waals surface area contributed by atoms with E-state index in [0.29, 0.717) is 12.6 Å². The lowest BCUT2D eigenvalue weighted by atomic mass is 10.1. The van der Waals surface area contributed by atoms with Gasteiger partial charge in [0.2, 0.25) is 0 Å². The van der Waals surface area contributed by atoms with Gasteiger partial charge in [0.05, 0.1) is 19.3 Å². The fourth-order valence-electron chi connectivity index (χ4n) is 3.66. The van der Waals surface area contributed by atoms with E-state index >= 15 is 0 Å². The van der Waals surface area contributed by atoms with Crippen LogP contribution in [0.3, 0.4) is 0 Å². The number of nitrogens with zero attached hydrogens (tertiary/aromatic N) is 4. The highest BCUT2D eigenvalue weighted by atomic mass is 16.3. The quantitative estimate of drug-likeness (QED) is 0.779. The summed E-state index contributed by atoms with van der Waals surface area (Å²) in [7, 11) is 1.84.